The number of nitrogens with zero attached hydrogens (tertiary/aromatic N) is 1. The van der Waals surface area contributed by atoms with Gasteiger partial charge in [-0.25, -0.2) is 0 Å². The minimum atomic E-state index is 0.0802. The van der Waals surface area contributed by atoms with Crippen molar-refractivity contribution in [2.45, 2.75) is 57.5 Å². The zero-order valence-electron chi connectivity index (χ0n) is 12.4. The molecule has 1 aromatic carbocycles. The fourth-order valence-corrected chi connectivity index (χ4v) is 3.08. The van der Waals surface area contributed by atoms with E-state index in [0.717, 1.165) is 32.3 Å². The summed E-state index contributed by atoms with van der Waals surface area (Å²) in [6.07, 6.45) is 6.73. The number of hydrogen-bond donors (Lipinski definition) is 0. The Morgan fingerprint density at radius 2 is 2.00 bits per heavy atom. The number of benzene rings is 1. The van der Waals surface area contributed by atoms with Crippen LogP contribution in [0.2, 0.25) is 0 Å². The topological polar surface area (TPSA) is 33.0 Å². The molecule has 3 atom stereocenters. The Hall–Kier alpha value is -1.33. The molecule has 1 fully saturated rings. The molecule has 3 unspecified atom stereocenters. The fourth-order valence-electron chi connectivity index (χ4n) is 3.08. The number of nitriles is 1. The summed E-state index contributed by atoms with van der Waals surface area (Å²) in [5, 5.41) is 9.29. The first-order chi connectivity index (χ1) is 9.85. The van der Waals surface area contributed by atoms with Crippen LogP contribution in [0.5, 0.6) is 0 Å². The van der Waals surface area contributed by atoms with Gasteiger partial charge in [-0.3, -0.25) is 0 Å². The highest BCUT2D eigenvalue weighted by Gasteiger charge is 2.31. The lowest BCUT2D eigenvalue weighted by Gasteiger charge is -2.33. The van der Waals surface area contributed by atoms with Crippen molar-refractivity contribution >= 4 is 0 Å². The van der Waals surface area contributed by atoms with Gasteiger partial charge in [-0.15, -0.1) is 0 Å². The predicted octanol–water partition coefficient (Wildman–Crippen LogP) is 4.67. The normalized spacial score (nSPS) is 26.1. The number of ether oxygens (including phenoxy) is 1. The van der Waals surface area contributed by atoms with Crippen molar-refractivity contribution in [3.05, 3.63) is 35.9 Å². The molecule has 2 heteroatoms. The molecule has 108 valence electrons. The van der Waals surface area contributed by atoms with Crippen molar-refractivity contribution in [3.8, 4) is 6.07 Å². The Labute approximate surface area is 122 Å². The van der Waals surface area contributed by atoms with E-state index >= 15 is 0 Å². The predicted molar refractivity (Wildman–Crippen MR) is 81.4 cm³/mol. The van der Waals surface area contributed by atoms with Gasteiger partial charge in [0.05, 0.1) is 18.1 Å². The third-order valence-corrected chi connectivity index (χ3v) is 4.31. The molecular formula is C18H25NO. The maximum absolute atomic E-state index is 9.29. The van der Waals surface area contributed by atoms with Crippen LogP contribution in [0.25, 0.3) is 0 Å². The molecule has 1 saturated carbocycles. The molecule has 0 aromatic heterocycles. The molecule has 2 rings (SSSR count). The van der Waals surface area contributed by atoms with E-state index in [0.29, 0.717) is 5.92 Å². The summed E-state index contributed by atoms with van der Waals surface area (Å²) in [6.45, 7) is 3.00. The first-order valence-corrected chi connectivity index (χ1v) is 7.91. The van der Waals surface area contributed by atoms with Gasteiger partial charge in [-0.05, 0) is 37.2 Å². The highest BCUT2D eigenvalue weighted by Crippen LogP contribution is 2.37. The van der Waals surface area contributed by atoms with Gasteiger partial charge in [-0.1, -0.05) is 50.1 Å². The summed E-state index contributed by atoms with van der Waals surface area (Å²) in [4.78, 5) is 0. The molecule has 1 aliphatic carbocycles. The maximum Gasteiger partial charge on any atom is 0.0739 e. The van der Waals surface area contributed by atoms with Crippen LogP contribution >= 0.6 is 0 Å². The van der Waals surface area contributed by atoms with Crippen molar-refractivity contribution in [1.82, 2.24) is 0 Å². The Morgan fingerprint density at radius 1 is 1.20 bits per heavy atom. The van der Waals surface area contributed by atoms with Crippen molar-refractivity contribution in [2.24, 2.45) is 5.92 Å². The molecule has 0 N–H and O–H groups in total. The first-order valence-electron chi connectivity index (χ1n) is 7.91. The van der Waals surface area contributed by atoms with E-state index in [9.17, 15) is 5.26 Å². The van der Waals surface area contributed by atoms with Crippen LogP contribution in [0.15, 0.2) is 30.3 Å². The SMILES string of the molecule is CCCCCOC1CC(c2ccccc2)CCC1C#N. The molecule has 0 saturated heterocycles. The van der Waals surface area contributed by atoms with Gasteiger partial charge in [0, 0.05) is 6.61 Å². The van der Waals surface area contributed by atoms with E-state index in [1.807, 2.05) is 0 Å². The molecule has 0 amide bonds. The van der Waals surface area contributed by atoms with Gasteiger partial charge in [-0.2, -0.15) is 5.26 Å². The van der Waals surface area contributed by atoms with Gasteiger partial charge in [0.1, 0.15) is 0 Å². The molecule has 0 bridgehead atoms. The van der Waals surface area contributed by atoms with E-state index < -0.39 is 0 Å². The lowest BCUT2D eigenvalue weighted by Crippen LogP contribution is -2.30. The third kappa shape index (κ3) is 4.08. The summed E-state index contributed by atoms with van der Waals surface area (Å²) in [5.41, 5.74) is 1.39. The van der Waals surface area contributed by atoms with E-state index in [2.05, 4.69) is 43.3 Å². The first kappa shape index (κ1) is 15.1. The van der Waals surface area contributed by atoms with E-state index in [1.165, 1.54) is 18.4 Å². The molecule has 1 aromatic rings. The Morgan fingerprint density at radius 3 is 2.70 bits per heavy atom. The quantitative estimate of drug-likeness (QED) is 0.704. The molecular weight excluding hydrogens is 246 g/mol. The summed E-state index contributed by atoms with van der Waals surface area (Å²) in [7, 11) is 0. The van der Waals surface area contributed by atoms with Gasteiger partial charge in [0.15, 0.2) is 0 Å². The minimum Gasteiger partial charge on any atom is -0.377 e. The van der Waals surface area contributed by atoms with Crippen LogP contribution in [0.1, 0.15) is 56.9 Å². The van der Waals surface area contributed by atoms with E-state index in [4.69, 9.17) is 4.74 Å². The van der Waals surface area contributed by atoms with Crippen molar-refractivity contribution < 1.29 is 4.74 Å². The zero-order chi connectivity index (χ0) is 14.2. The summed E-state index contributed by atoms with van der Waals surface area (Å²) >= 11 is 0. The monoisotopic (exact) mass is 271 g/mol. The fraction of sp³-hybridized carbons (Fsp3) is 0.611. The molecule has 2 nitrogen and oxygen atoms in total. The lowest BCUT2D eigenvalue weighted by atomic mass is 9.77. The maximum atomic E-state index is 9.29. The van der Waals surface area contributed by atoms with Crippen molar-refractivity contribution in [3.63, 3.8) is 0 Å². The second-order valence-electron chi connectivity index (χ2n) is 5.77. The lowest BCUT2D eigenvalue weighted by molar-refractivity contribution is -0.00138. The van der Waals surface area contributed by atoms with Gasteiger partial charge in [0.25, 0.3) is 0 Å². The number of hydrogen-bond acceptors (Lipinski definition) is 2. The number of rotatable bonds is 6. The van der Waals surface area contributed by atoms with Crippen molar-refractivity contribution in [1.29, 1.82) is 5.26 Å². The summed E-state index contributed by atoms with van der Waals surface area (Å²) in [5.74, 6) is 0.633. The summed E-state index contributed by atoms with van der Waals surface area (Å²) in [6, 6.07) is 13.1. The molecule has 1 aliphatic rings. The smallest absolute Gasteiger partial charge is 0.0739 e. The Bertz CT molecular complexity index is 423. The molecule has 0 spiro atoms. The number of unbranched alkanes of at least 4 members (excludes halogenated alkanes) is 2. The molecule has 20 heavy (non-hydrogen) atoms. The largest absolute Gasteiger partial charge is 0.377 e. The van der Waals surface area contributed by atoms with Gasteiger partial charge < -0.3 is 4.74 Å². The second kappa shape index (κ2) is 8.07. The standard InChI is InChI=1S/C18H25NO/c1-2-3-7-12-20-18-13-16(10-11-17(18)14-19)15-8-5-4-6-9-15/h4-6,8-9,16-18H,2-3,7,10-13H2,1H3. The van der Waals surface area contributed by atoms with E-state index in [-0.39, 0.29) is 12.0 Å². The van der Waals surface area contributed by atoms with Gasteiger partial charge in [0.2, 0.25) is 0 Å². The van der Waals surface area contributed by atoms with Crippen molar-refractivity contribution in [2.75, 3.05) is 6.61 Å². The highest BCUT2D eigenvalue weighted by atomic mass is 16.5. The van der Waals surface area contributed by atoms with Crippen LogP contribution in [0.3, 0.4) is 0 Å². The summed E-state index contributed by atoms with van der Waals surface area (Å²) < 4.78 is 6.02. The molecule has 0 heterocycles. The second-order valence-corrected chi connectivity index (χ2v) is 5.77. The molecule has 0 aliphatic heterocycles. The Kier molecular flexibility index (Phi) is 6.08. The zero-order valence-corrected chi connectivity index (χ0v) is 12.4. The van der Waals surface area contributed by atoms with Crippen LogP contribution in [-0.2, 0) is 4.74 Å². The van der Waals surface area contributed by atoms with Crippen LogP contribution in [0.4, 0.5) is 0 Å². The highest BCUT2D eigenvalue weighted by molar-refractivity contribution is 5.20. The van der Waals surface area contributed by atoms with Gasteiger partial charge >= 0.3 is 0 Å². The van der Waals surface area contributed by atoms with Crippen LogP contribution in [-0.4, -0.2) is 12.7 Å². The average molecular weight is 271 g/mol. The van der Waals surface area contributed by atoms with E-state index in [1.54, 1.807) is 0 Å². The Balaban J connectivity index is 1.92. The third-order valence-electron chi connectivity index (χ3n) is 4.31. The van der Waals surface area contributed by atoms with Crippen LogP contribution < -0.4 is 0 Å². The minimum absolute atomic E-state index is 0.0802. The van der Waals surface area contributed by atoms with Crippen LogP contribution in [0, 0.1) is 17.2 Å². The molecule has 0 radical (unpaired) electrons. The average Bonchev–Trinajstić information content (AvgIpc) is 2.52.